The van der Waals surface area contributed by atoms with Crippen LogP contribution in [-0.2, 0) is 11.2 Å². The second-order valence-corrected chi connectivity index (χ2v) is 5.51. The number of benzene rings is 2. The van der Waals surface area contributed by atoms with Crippen LogP contribution in [0, 0.1) is 0 Å². The third-order valence-electron chi connectivity index (χ3n) is 3.74. The average molecular weight is 317 g/mol. The Balaban J connectivity index is 1.73. The van der Waals surface area contributed by atoms with Crippen molar-refractivity contribution in [2.45, 2.75) is 12.5 Å². The van der Waals surface area contributed by atoms with Gasteiger partial charge in [0.25, 0.3) is 0 Å². The van der Waals surface area contributed by atoms with Crippen molar-refractivity contribution in [2.75, 3.05) is 0 Å². The number of nitrogens with one attached hydrogen (secondary N) is 1. The van der Waals surface area contributed by atoms with Gasteiger partial charge >= 0.3 is 0 Å². The van der Waals surface area contributed by atoms with Crippen molar-refractivity contribution in [2.24, 2.45) is 0 Å². The van der Waals surface area contributed by atoms with Gasteiger partial charge in [0.15, 0.2) is 0 Å². The molecular formula is C21H19NO2. The highest BCUT2D eigenvalue weighted by Crippen LogP contribution is 2.18. The molecule has 0 spiro atoms. The minimum absolute atomic E-state index is 0.0812. The Hall–Kier alpha value is -3.07. The first-order chi connectivity index (χ1) is 11.8. The maximum Gasteiger partial charge on any atom is 0.244 e. The molecule has 3 aromatic rings. The van der Waals surface area contributed by atoms with Gasteiger partial charge in [-0.25, -0.2) is 0 Å². The molecule has 3 rings (SSSR count). The molecule has 1 heterocycles. The van der Waals surface area contributed by atoms with Crippen LogP contribution < -0.4 is 5.32 Å². The lowest BCUT2D eigenvalue weighted by Crippen LogP contribution is -2.28. The second kappa shape index (κ2) is 7.97. The number of furan rings is 1. The number of rotatable bonds is 6. The molecule has 2 aromatic carbocycles. The molecule has 1 aromatic heterocycles. The monoisotopic (exact) mass is 317 g/mol. The van der Waals surface area contributed by atoms with E-state index in [-0.39, 0.29) is 11.9 Å². The van der Waals surface area contributed by atoms with Crippen LogP contribution in [0.2, 0.25) is 0 Å². The molecule has 0 bridgehead atoms. The predicted molar refractivity (Wildman–Crippen MR) is 95.2 cm³/mol. The zero-order valence-corrected chi connectivity index (χ0v) is 13.3. The summed E-state index contributed by atoms with van der Waals surface area (Å²) in [5.74, 6) is 0.514. The van der Waals surface area contributed by atoms with Crippen LogP contribution in [0.3, 0.4) is 0 Å². The Bertz CT molecular complexity index is 777. The number of hydrogen-bond acceptors (Lipinski definition) is 2. The maximum absolute atomic E-state index is 12.3. The Labute approximate surface area is 141 Å². The van der Waals surface area contributed by atoms with E-state index in [1.54, 1.807) is 18.4 Å². The van der Waals surface area contributed by atoms with Crippen LogP contribution >= 0.6 is 0 Å². The van der Waals surface area contributed by atoms with E-state index in [4.69, 9.17) is 4.42 Å². The average Bonchev–Trinajstić information content (AvgIpc) is 3.15. The summed E-state index contributed by atoms with van der Waals surface area (Å²) in [6.45, 7) is 0. The third-order valence-corrected chi connectivity index (χ3v) is 3.74. The predicted octanol–water partition coefficient (Wildman–Crippen LogP) is 4.39. The van der Waals surface area contributed by atoms with E-state index in [2.05, 4.69) is 17.4 Å². The van der Waals surface area contributed by atoms with Crippen molar-refractivity contribution < 1.29 is 9.21 Å². The molecular weight excluding hydrogens is 298 g/mol. The normalized spacial score (nSPS) is 12.2. The molecule has 24 heavy (non-hydrogen) atoms. The lowest BCUT2D eigenvalue weighted by molar-refractivity contribution is -0.117. The molecule has 0 saturated carbocycles. The molecule has 3 heteroatoms. The number of carbonyl (C=O) groups excluding carboxylic acids is 1. The minimum atomic E-state index is -0.142. The molecule has 0 radical (unpaired) electrons. The summed E-state index contributed by atoms with van der Waals surface area (Å²) in [7, 11) is 0. The fourth-order valence-corrected chi connectivity index (χ4v) is 2.55. The van der Waals surface area contributed by atoms with Crippen LogP contribution in [0.1, 0.15) is 22.9 Å². The molecule has 1 atom stereocenters. The van der Waals surface area contributed by atoms with E-state index in [0.29, 0.717) is 5.76 Å². The smallest absolute Gasteiger partial charge is 0.244 e. The molecule has 120 valence electrons. The van der Waals surface area contributed by atoms with Gasteiger partial charge in [0, 0.05) is 6.08 Å². The lowest BCUT2D eigenvalue weighted by atomic mass is 9.99. The molecule has 0 saturated heterocycles. The lowest BCUT2D eigenvalue weighted by Gasteiger charge is -2.18. The van der Waals surface area contributed by atoms with Crippen LogP contribution in [-0.4, -0.2) is 5.91 Å². The molecule has 1 N–H and O–H groups in total. The van der Waals surface area contributed by atoms with Crippen LogP contribution in [0.4, 0.5) is 0 Å². The largest absolute Gasteiger partial charge is 0.465 e. The van der Waals surface area contributed by atoms with Gasteiger partial charge in [0.1, 0.15) is 5.76 Å². The minimum Gasteiger partial charge on any atom is -0.465 e. The van der Waals surface area contributed by atoms with E-state index in [1.807, 2.05) is 54.6 Å². The summed E-state index contributed by atoms with van der Waals surface area (Å²) in [6.07, 6.45) is 5.49. The van der Waals surface area contributed by atoms with E-state index in [0.717, 1.165) is 12.0 Å². The van der Waals surface area contributed by atoms with Crippen LogP contribution in [0.5, 0.6) is 0 Å². The first-order valence-corrected chi connectivity index (χ1v) is 7.92. The Morgan fingerprint density at radius 2 is 1.67 bits per heavy atom. The van der Waals surface area contributed by atoms with Crippen molar-refractivity contribution in [1.29, 1.82) is 0 Å². The molecule has 0 aliphatic carbocycles. The summed E-state index contributed by atoms with van der Waals surface area (Å²) in [5.41, 5.74) is 2.27. The molecule has 0 fully saturated rings. The maximum atomic E-state index is 12.3. The van der Waals surface area contributed by atoms with Crippen molar-refractivity contribution in [3.8, 4) is 0 Å². The van der Waals surface area contributed by atoms with Gasteiger partial charge < -0.3 is 9.73 Å². The molecule has 3 nitrogen and oxygen atoms in total. The SMILES string of the molecule is O=C(/C=C/c1ccco1)N[C@@H](Cc1ccccc1)c1ccccc1. The van der Waals surface area contributed by atoms with E-state index < -0.39 is 0 Å². The van der Waals surface area contributed by atoms with E-state index in [1.165, 1.54) is 11.6 Å². The van der Waals surface area contributed by atoms with Gasteiger partial charge in [-0.3, -0.25) is 4.79 Å². The highest BCUT2D eigenvalue weighted by atomic mass is 16.3. The zero-order valence-electron chi connectivity index (χ0n) is 13.3. The number of carbonyl (C=O) groups is 1. The van der Waals surface area contributed by atoms with E-state index in [9.17, 15) is 4.79 Å². The van der Waals surface area contributed by atoms with Crippen molar-refractivity contribution in [3.05, 3.63) is 102 Å². The Morgan fingerprint density at radius 1 is 0.958 bits per heavy atom. The Kier molecular flexibility index (Phi) is 5.25. The van der Waals surface area contributed by atoms with Gasteiger partial charge in [0.2, 0.25) is 5.91 Å². The van der Waals surface area contributed by atoms with E-state index >= 15 is 0 Å². The van der Waals surface area contributed by atoms with Gasteiger partial charge in [-0.15, -0.1) is 0 Å². The fraction of sp³-hybridized carbons (Fsp3) is 0.0952. The van der Waals surface area contributed by atoms with Gasteiger partial charge in [0.05, 0.1) is 12.3 Å². The standard InChI is InChI=1S/C21H19NO2/c23-21(14-13-19-12-7-15-24-19)22-20(18-10-5-2-6-11-18)16-17-8-3-1-4-9-17/h1-15,20H,16H2,(H,22,23)/b14-13+/t20-/m0/s1. The summed E-state index contributed by atoms with van der Waals surface area (Å²) >= 11 is 0. The highest BCUT2D eigenvalue weighted by molar-refractivity contribution is 5.91. The summed E-state index contributed by atoms with van der Waals surface area (Å²) in [4.78, 5) is 12.3. The first-order valence-electron chi connectivity index (χ1n) is 7.92. The topological polar surface area (TPSA) is 42.2 Å². The number of hydrogen-bond donors (Lipinski definition) is 1. The second-order valence-electron chi connectivity index (χ2n) is 5.51. The first kappa shape index (κ1) is 15.8. The zero-order chi connectivity index (χ0) is 16.6. The van der Waals surface area contributed by atoms with Gasteiger partial charge in [-0.1, -0.05) is 60.7 Å². The molecule has 0 unspecified atom stereocenters. The Morgan fingerprint density at radius 3 is 2.33 bits per heavy atom. The quantitative estimate of drug-likeness (QED) is 0.685. The van der Waals surface area contributed by atoms with Crippen LogP contribution in [0.15, 0.2) is 89.6 Å². The molecule has 0 aliphatic rings. The summed E-state index contributed by atoms with van der Waals surface area (Å²) in [6, 6.07) is 23.7. The summed E-state index contributed by atoms with van der Waals surface area (Å²) < 4.78 is 5.20. The van der Waals surface area contributed by atoms with Gasteiger partial charge in [-0.2, -0.15) is 0 Å². The summed E-state index contributed by atoms with van der Waals surface area (Å²) in [5, 5.41) is 3.08. The van der Waals surface area contributed by atoms with Crippen LogP contribution in [0.25, 0.3) is 6.08 Å². The molecule has 0 aliphatic heterocycles. The van der Waals surface area contributed by atoms with Crippen molar-refractivity contribution in [3.63, 3.8) is 0 Å². The van der Waals surface area contributed by atoms with Gasteiger partial charge in [-0.05, 0) is 35.8 Å². The number of amides is 1. The highest BCUT2D eigenvalue weighted by Gasteiger charge is 2.13. The van der Waals surface area contributed by atoms with Crippen molar-refractivity contribution >= 4 is 12.0 Å². The third kappa shape index (κ3) is 4.46. The van der Waals surface area contributed by atoms with Crippen molar-refractivity contribution in [1.82, 2.24) is 5.32 Å². The fourth-order valence-electron chi connectivity index (χ4n) is 2.55. The molecule has 1 amide bonds.